The summed E-state index contributed by atoms with van der Waals surface area (Å²) in [7, 11) is 0. The number of hydrazine groups is 1. The minimum Gasteiger partial charge on any atom is -0.392 e. The SMILES string of the molecule is Cc1c(C(=O)NN2CCCCC2)nc(-c2ccc(Cl)cc2Cl)n1-c1ccc(CO)cc1. The van der Waals surface area contributed by atoms with Crippen molar-refractivity contribution in [3.8, 4) is 17.1 Å². The Morgan fingerprint density at radius 3 is 2.45 bits per heavy atom. The highest BCUT2D eigenvalue weighted by molar-refractivity contribution is 6.36. The number of piperidine rings is 1. The summed E-state index contributed by atoms with van der Waals surface area (Å²) in [6, 6.07) is 12.7. The molecule has 0 unspecified atom stereocenters. The predicted molar refractivity (Wildman–Crippen MR) is 123 cm³/mol. The number of halogens is 2. The standard InChI is InChI=1S/C23H24Cl2N4O2/c1-15-21(23(31)27-28-11-3-2-4-12-28)26-22(19-10-7-17(24)13-20(19)25)29(15)18-8-5-16(14-30)6-9-18/h5-10,13,30H,2-4,11-12,14H2,1H3,(H,27,31). The molecule has 162 valence electrons. The van der Waals surface area contributed by atoms with Crippen molar-refractivity contribution in [3.63, 3.8) is 0 Å². The van der Waals surface area contributed by atoms with Gasteiger partial charge in [0.05, 0.1) is 17.3 Å². The second-order valence-electron chi connectivity index (χ2n) is 7.64. The number of amides is 1. The Labute approximate surface area is 191 Å². The van der Waals surface area contributed by atoms with Crippen molar-refractivity contribution in [2.24, 2.45) is 0 Å². The molecule has 1 aliphatic rings. The number of benzene rings is 2. The van der Waals surface area contributed by atoms with Crippen LogP contribution < -0.4 is 5.43 Å². The first-order chi connectivity index (χ1) is 15.0. The zero-order valence-corrected chi connectivity index (χ0v) is 18.7. The van der Waals surface area contributed by atoms with E-state index >= 15 is 0 Å². The van der Waals surface area contributed by atoms with E-state index in [9.17, 15) is 9.90 Å². The van der Waals surface area contributed by atoms with Crippen molar-refractivity contribution in [1.82, 2.24) is 20.0 Å². The van der Waals surface area contributed by atoms with Crippen LogP contribution in [0.5, 0.6) is 0 Å². The summed E-state index contributed by atoms with van der Waals surface area (Å²) < 4.78 is 1.90. The molecule has 31 heavy (non-hydrogen) atoms. The zero-order valence-electron chi connectivity index (χ0n) is 17.2. The lowest BCUT2D eigenvalue weighted by Gasteiger charge is -2.26. The largest absolute Gasteiger partial charge is 0.392 e. The van der Waals surface area contributed by atoms with Crippen LogP contribution in [0.4, 0.5) is 0 Å². The Bertz CT molecular complexity index is 1090. The number of rotatable bonds is 5. The van der Waals surface area contributed by atoms with Crippen LogP contribution in [0.25, 0.3) is 17.1 Å². The van der Waals surface area contributed by atoms with Crippen molar-refractivity contribution >= 4 is 29.1 Å². The first-order valence-electron chi connectivity index (χ1n) is 10.3. The highest BCUT2D eigenvalue weighted by Gasteiger charge is 2.24. The normalized spacial score (nSPS) is 14.6. The van der Waals surface area contributed by atoms with Crippen LogP contribution in [0.15, 0.2) is 42.5 Å². The lowest BCUT2D eigenvalue weighted by molar-refractivity contribution is 0.0744. The molecule has 0 radical (unpaired) electrons. The van der Waals surface area contributed by atoms with Crippen LogP contribution >= 0.6 is 23.2 Å². The quantitative estimate of drug-likeness (QED) is 0.577. The minimum absolute atomic E-state index is 0.0391. The van der Waals surface area contributed by atoms with E-state index in [4.69, 9.17) is 28.2 Å². The zero-order chi connectivity index (χ0) is 22.0. The predicted octanol–water partition coefficient (Wildman–Crippen LogP) is 4.78. The van der Waals surface area contributed by atoms with Gasteiger partial charge in [0.1, 0.15) is 5.82 Å². The van der Waals surface area contributed by atoms with E-state index in [1.54, 1.807) is 18.2 Å². The van der Waals surface area contributed by atoms with Gasteiger partial charge < -0.3 is 5.11 Å². The van der Waals surface area contributed by atoms with E-state index in [1.165, 1.54) is 6.42 Å². The number of aliphatic hydroxyl groups is 1. The van der Waals surface area contributed by atoms with Gasteiger partial charge in [-0.15, -0.1) is 0 Å². The lowest BCUT2D eigenvalue weighted by Crippen LogP contribution is -2.45. The molecule has 0 bridgehead atoms. The molecule has 2 N–H and O–H groups in total. The molecule has 1 amide bonds. The smallest absolute Gasteiger partial charge is 0.286 e. The van der Waals surface area contributed by atoms with Crippen LogP contribution in [0.2, 0.25) is 10.0 Å². The van der Waals surface area contributed by atoms with Crippen LogP contribution in [0, 0.1) is 6.92 Å². The maximum Gasteiger partial charge on any atom is 0.286 e. The molecule has 0 spiro atoms. The number of carbonyl (C=O) groups excluding carboxylic acids is 1. The summed E-state index contributed by atoms with van der Waals surface area (Å²) in [6.07, 6.45) is 3.32. The van der Waals surface area contributed by atoms with Gasteiger partial charge in [-0.05, 0) is 55.7 Å². The van der Waals surface area contributed by atoms with Crippen LogP contribution in [-0.4, -0.2) is 38.7 Å². The molecular formula is C23H24Cl2N4O2. The van der Waals surface area contributed by atoms with Gasteiger partial charge in [0.2, 0.25) is 0 Å². The molecule has 2 heterocycles. The Kier molecular flexibility index (Phi) is 6.62. The van der Waals surface area contributed by atoms with E-state index in [0.29, 0.717) is 32.8 Å². The van der Waals surface area contributed by atoms with Crippen LogP contribution in [0.3, 0.4) is 0 Å². The van der Waals surface area contributed by atoms with Gasteiger partial charge in [0, 0.05) is 29.4 Å². The van der Waals surface area contributed by atoms with Crippen LogP contribution in [0.1, 0.15) is 41.0 Å². The molecule has 4 rings (SSSR count). The average Bonchev–Trinajstić information content (AvgIpc) is 3.11. The summed E-state index contributed by atoms with van der Waals surface area (Å²) in [4.78, 5) is 17.8. The number of carbonyl (C=O) groups is 1. The highest BCUT2D eigenvalue weighted by atomic mass is 35.5. The van der Waals surface area contributed by atoms with Crippen molar-refractivity contribution in [1.29, 1.82) is 0 Å². The number of aromatic nitrogens is 2. The van der Waals surface area contributed by atoms with E-state index < -0.39 is 0 Å². The molecule has 1 aromatic heterocycles. The van der Waals surface area contributed by atoms with E-state index in [-0.39, 0.29) is 12.5 Å². The summed E-state index contributed by atoms with van der Waals surface area (Å²) in [6.45, 7) is 3.50. The molecule has 0 aliphatic carbocycles. The number of hydrogen-bond donors (Lipinski definition) is 2. The third kappa shape index (κ3) is 4.62. The molecule has 1 saturated heterocycles. The monoisotopic (exact) mass is 458 g/mol. The molecule has 1 aliphatic heterocycles. The molecule has 2 aromatic carbocycles. The Balaban J connectivity index is 1.79. The Morgan fingerprint density at radius 2 is 1.81 bits per heavy atom. The second kappa shape index (κ2) is 9.40. The van der Waals surface area contributed by atoms with Gasteiger partial charge in [0.25, 0.3) is 5.91 Å². The molecule has 6 nitrogen and oxygen atoms in total. The van der Waals surface area contributed by atoms with E-state index in [0.717, 1.165) is 37.2 Å². The summed E-state index contributed by atoms with van der Waals surface area (Å²) in [5.74, 6) is 0.316. The van der Waals surface area contributed by atoms with Gasteiger partial charge in [-0.3, -0.25) is 14.8 Å². The third-order valence-corrected chi connectivity index (χ3v) is 6.04. The summed E-state index contributed by atoms with van der Waals surface area (Å²) >= 11 is 12.6. The van der Waals surface area contributed by atoms with Gasteiger partial charge in [-0.2, -0.15) is 0 Å². The average molecular weight is 459 g/mol. The minimum atomic E-state index is -0.239. The highest BCUT2D eigenvalue weighted by Crippen LogP contribution is 2.33. The lowest BCUT2D eigenvalue weighted by atomic mass is 10.2. The first kappa shape index (κ1) is 21.8. The fourth-order valence-corrected chi connectivity index (χ4v) is 4.33. The van der Waals surface area contributed by atoms with Gasteiger partial charge in [0.15, 0.2) is 5.69 Å². The number of nitrogens with one attached hydrogen (secondary N) is 1. The van der Waals surface area contributed by atoms with Gasteiger partial charge in [-0.1, -0.05) is 41.8 Å². The van der Waals surface area contributed by atoms with Crippen LogP contribution in [-0.2, 0) is 6.61 Å². The van der Waals surface area contributed by atoms with E-state index in [1.807, 2.05) is 40.8 Å². The number of nitrogens with zero attached hydrogens (tertiary/aromatic N) is 3. The third-order valence-electron chi connectivity index (χ3n) is 5.49. The molecule has 8 heteroatoms. The maximum absolute atomic E-state index is 13.1. The van der Waals surface area contributed by atoms with Gasteiger partial charge >= 0.3 is 0 Å². The fourth-order valence-electron chi connectivity index (χ4n) is 3.84. The molecule has 1 fully saturated rings. The molecule has 3 aromatic rings. The summed E-state index contributed by atoms with van der Waals surface area (Å²) in [5.41, 5.74) is 6.34. The van der Waals surface area contributed by atoms with Crippen molar-refractivity contribution in [3.05, 3.63) is 69.5 Å². The fraction of sp³-hybridized carbons (Fsp3) is 0.304. The second-order valence-corrected chi connectivity index (χ2v) is 8.49. The maximum atomic E-state index is 13.1. The molecule has 0 saturated carbocycles. The Hall–Kier alpha value is -2.38. The van der Waals surface area contributed by atoms with Crippen molar-refractivity contribution in [2.75, 3.05) is 13.1 Å². The van der Waals surface area contributed by atoms with Crippen molar-refractivity contribution in [2.45, 2.75) is 32.8 Å². The first-order valence-corrected chi connectivity index (χ1v) is 11.0. The number of imidazole rings is 1. The molecule has 0 atom stereocenters. The van der Waals surface area contributed by atoms with Gasteiger partial charge in [-0.25, -0.2) is 9.99 Å². The number of aliphatic hydroxyl groups excluding tert-OH is 1. The van der Waals surface area contributed by atoms with Crippen molar-refractivity contribution < 1.29 is 9.90 Å². The summed E-state index contributed by atoms with van der Waals surface area (Å²) in [5, 5.41) is 12.3. The topological polar surface area (TPSA) is 70.4 Å². The molecular weight excluding hydrogens is 435 g/mol. The van der Waals surface area contributed by atoms with E-state index in [2.05, 4.69) is 5.43 Å². The Morgan fingerprint density at radius 1 is 1.10 bits per heavy atom. The number of hydrogen-bond acceptors (Lipinski definition) is 4.